The van der Waals surface area contributed by atoms with Gasteiger partial charge in [-0.15, -0.1) is 0 Å². The molecule has 5 aliphatic rings. The zero-order valence-corrected chi connectivity index (χ0v) is 16.5. The lowest BCUT2D eigenvalue weighted by Gasteiger charge is -2.59. The number of ketones is 1. The van der Waals surface area contributed by atoms with E-state index in [4.69, 9.17) is 9.47 Å². The van der Waals surface area contributed by atoms with E-state index >= 15 is 0 Å². The van der Waals surface area contributed by atoms with Crippen LogP contribution >= 0.6 is 0 Å². The van der Waals surface area contributed by atoms with E-state index in [9.17, 15) is 14.0 Å². The number of hydrogen-bond donors (Lipinski definition) is 0. The highest BCUT2D eigenvalue weighted by Gasteiger charge is 2.57. The Morgan fingerprint density at radius 1 is 1.21 bits per heavy atom. The van der Waals surface area contributed by atoms with Gasteiger partial charge in [0.25, 0.3) is 0 Å². The molecule has 0 spiro atoms. The lowest BCUT2D eigenvalue weighted by atomic mass is 9.65. The van der Waals surface area contributed by atoms with Crippen molar-refractivity contribution in [2.24, 2.45) is 17.8 Å². The van der Waals surface area contributed by atoms with Crippen LogP contribution in [0.25, 0.3) is 0 Å². The van der Waals surface area contributed by atoms with E-state index in [2.05, 4.69) is 4.90 Å². The molecule has 0 bridgehead atoms. The molecule has 2 aliphatic heterocycles. The molecular formula is C22H30FNO4. The normalized spacial score (nSPS) is 44.7. The lowest BCUT2D eigenvalue weighted by Crippen LogP contribution is -2.69. The van der Waals surface area contributed by atoms with Crippen molar-refractivity contribution in [3.8, 4) is 0 Å². The van der Waals surface area contributed by atoms with Gasteiger partial charge in [0.05, 0.1) is 24.8 Å². The molecule has 0 aromatic heterocycles. The number of esters is 1. The molecule has 0 amide bonds. The number of alkyl halides is 1. The van der Waals surface area contributed by atoms with Gasteiger partial charge in [0.1, 0.15) is 17.8 Å². The Hall–Kier alpha value is -1.43. The van der Waals surface area contributed by atoms with Crippen molar-refractivity contribution in [3.05, 3.63) is 11.8 Å². The maximum Gasteiger partial charge on any atom is 0.343 e. The van der Waals surface area contributed by atoms with E-state index in [1.807, 2.05) is 0 Å². The number of hydrogen-bond acceptors (Lipinski definition) is 5. The number of morpholine rings is 1. The molecular weight excluding hydrogens is 361 g/mol. The quantitative estimate of drug-likeness (QED) is 0.535. The van der Waals surface area contributed by atoms with Crippen LogP contribution in [-0.4, -0.2) is 53.7 Å². The summed E-state index contributed by atoms with van der Waals surface area (Å²) in [5.74, 6) is 0.245. The van der Waals surface area contributed by atoms with Crippen LogP contribution in [0, 0.1) is 17.8 Å². The average molecular weight is 391 g/mol. The van der Waals surface area contributed by atoms with Gasteiger partial charge in [-0.2, -0.15) is 0 Å². The molecule has 8 unspecified atom stereocenters. The molecule has 0 aromatic carbocycles. The minimum Gasteiger partial charge on any atom is -0.462 e. The third kappa shape index (κ3) is 2.82. The zero-order valence-electron chi connectivity index (χ0n) is 16.5. The first-order valence-corrected chi connectivity index (χ1v) is 11.1. The number of carbonyl (C=O) groups excluding carboxylic acids is 2. The minimum atomic E-state index is -1.04. The predicted octanol–water partition coefficient (Wildman–Crippen LogP) is 3.17. The molecule has 5 rings (SSSR count). The van der Waals surface area contributed by atoms with Gasteiger partial charge >= 0.3 is 5.97 Å². The van der Waals surface area contributed by atoms with E-state index in [-0.39, 0.29) is 42.1 Å². The molecule has 8 atom stereocenters. The largest absolute Gasteiger partial charge is 0.462 e. The van der Waals surface area contributed by atoms with Gasteiger partial charge in [0, 0.05) is 12.1 Å². The molecule has 3 aliphatic carbocycles. The summed E-state index contributed by atoms with van der Waals surface area (Å²) in [6.45, 7) is 1.99. The van der Waals surface area contributed by atoms with Crippen LogP contribution in [0.4, 0.5) is 4.39 Å². The van der Waals surface area contributed by atoms with Crippen molar-refractivity contribution in [2.75, 3.05) is 6.61 Å². The first kappa shape index (κ1) is 18.6. The van der Waals surface area contributed by atoms with Crippen molar-refractivity contribution in [2.45, 2.75) is 88.8 Å². The number of rotatable bonds is 2. The number of Topliss-reactive ketones (excluding diaryl/α,β-unsaturated/α-hetero) is 1. The molecule has 6 heteroatoms. The van der Waals surface area contributed by atoms with Crippen LogP contribution < -0.4 is 0 Å². The Morgan fingerprint density at radius 2 is 1.96 bits per heavy atom. The van der Waals surface area contributed by atoms with Gasteiger partial charge < -0.3 is 14.4 Å². The molecule has 4 fully saturated rings. The molecule has 3 saturated carbocycles. The Labute approximate surface area is 165 Å². The van der Waals surface area contributed by atoms with Gasteiger partial charge in [-0.05, 0) is 44.4 Å². The Bertz CT molecular complexity index is 694. The van der Waals surface area contributed by atoms with E-state index in [0.29, 0.717) is 24.7 Å². The standard InChI is InChI=1S/C22H30FNO4/c1-2-27-22(26)15-11-24-17-9-12-5-3-4-6-13(12)10-18(17)28-21-16(23)8-7-14(19(21)24)20(15)25/h11-14,16-19,21H,2-10H2,1H3. The van der Waals surface area contributed by atoms with Crippen LogP contribution in [-0.2, 0) is 19.1 Å². The third-order valence-corrected chi connectivity index (χ3v) is 7.87. The first-order valence-electron chi connectivity index (χ1n) is 11.1. The van der Waals surface area contributed by atoms with Gasteiger partial charge in [-0.1, -0.05) is 25.7 Å². The smallest absolute Gasteiger partial charge is 0.343 e. The van der Waals surface area contributed by atoms with E-state index in [0.717, 1.165) is 12.8 Å². The molecule has 28 heavy (non-hydrogen) atoms. The van der Waals surface area contributed by atoms with E-state index < -0.39 is 18.2 Å². The third-order valence-electron chi connectivity index (χ3n) is 7.87. The highest BCUT2D eigenvalue weighted by atomic mass is 19.1. The summed E-state index contributed by atoms with van der Waals surface area (Å²) < 4.78 is 26.4. The fraction of sp³-hybridized carbons (Fsp3) is 0.818. The van der Waals surface area contributed by atoms with Gasteiger partial charge in [-0.3, -0.25) is 4.79 Å². The summed E-state index contributed by atoms with van der Waals surface area (Å²) in [4.78, 5) is 27.6. The van der Waals surface area contributed by atoms with Crippen molar-refractivity contribution in [1.82, 2.24) is 4.90 Å². The monoisotopic (exact) mass is 391 g/mol. The minimum absolute atomic E-state index is 0.00880. The molecule has 154 valence electrons. The van der Waals surface area contributed by atoms with Crippen molar-refractivity contribution < 1.29 is 23.5 Å². The molecule has 5 nitrogen and oxygen atoms in total. The fourth-order valence-electron chi connectivity index (χ4n) is 6.61. The summed E-state index contributed by atoms with van der Waals surface area (Å²) in [5, 5.41) is 0. The summed E-state index contributed by atoms with van der Waals surface area (Å²) in [6, 6.07) is -0.151. The van der Waals surface area contributed by atoms with Crippen LogP contribution in [0.5, 0.6) is 0 Å². The zero-order chi connectivity index (χ0) is 19.4. The number of carbonyl (C=O) groups is 2. The number of ether oxygens (including phenoxy) is 2. The second-order valence-corrected chi connectivity index (χ2v) is 9.25. The summed E-state index contributed by atoms with van der Waals surface area (Å²) >= 11 is 0. The summed E-state index contributed by atoms with van der Waals surface area (Å²) in [7, 11) is 0. The fourth-order valence-corrected chi connectivity index (χ4v) is 6.61. The summed E-state index contributed by atoms with van der Waals surface area (Å²) in [5.41, 5.74) is 0.144. The van der Waals surface area contributed by atoms with Gasteiger partial charge in [0.15, 0.2) is 5.78 Å². The Kier molecular flexibility index (Phi) is 4.73. The van der Waals surface area contributed by atoms with Crippen LogP contribution in [0.3, 0.4) is 0 Å². The van der Waals surface area contributed by atoms with E-state index in [1.54, 1.807) is 13.1 Å². The van der Waals surface area contributed by atoms with Crippen molar-refractivity contribution in [3.63, 3.8) is 0 Å². The van der Waals surface area contributed by atoms with Crippen molar-refractivity contribution >= 4 is 11.8 Å². The summed E-state index contributed by atoms with van der Waals surface area (Å²) in [6.07, 6.45) is 7.93. The van der Waals surface area contributed by atoms with Crippen molar-refractivity contribution in [1.29, 1.82) is 0 Å². The maximum absolute atomic E-state index is 14.8. The average Bonchev–Trinajstić information content (AvgIpc) is 2.70. The second kappa shape index (κ2) is 7.12. The van der Waals surface area contributed by atoms with Crippen LogP contribution in [0.1, 0.15) is 58.3 Å². The topological polar surface area (TPSA) is 55.8 Å². The highest BCUT2D eigenvalue weighted by molar-refractivity contribution is 6.18. The second-order valence-electron chi connectivity index (χ2n) is 9.25. The molecule has 2 heterocycles. The van der Waals surface area contributed by atoms with Gasteiger partial charge in [-0.25, -0.2) is 9.18 Å². The molecule has 1 saturated heterocycles. The Balaban J connectivity index is 1.51. The highest BCUT2D eigenvalue weighted by Crippen LogP contribution is 2.50. The predicted molar refractivity (Wildman–Crippen MR) is 100 cm³/mol. The number of halogens is 1. The van der Waals surface area contributed by atoms with Crippen LogP contribution in [0.15, 0.2) is 11.8 Å². The SMILES string of the molecule is CCOC(=O)C1=CN2C3CC4CCCCC4CC3OC3C(F)CCC(C1=O)C32. The molecule has 0 aromatic rings. The lowest BCUT2D eigenvalue weighted by molar-refractivity contribution is -0.210. The number of fused-ring (bicyclic) bond motifs is 3. The molecule has 0 N–H and O–H groups in total. The maximum atomic E-state index is 14.8. The Morgan fingerprint density at radius 3 is 2.71 bits per heavy atom. The van der Waals surface area contributed by atoms with Crippen LogP contribution in [0.2, 0.25) is 0 Å². The number of nitrogens with zero attached hydrogens (tertiary/aromatic N) is 1. The van der Waals surface area contributed by atoms with E-state index in [1.165, 1.54) is 25.7 Å². The molecule has 0 radical (unpaired) electrons. The first-order chi connectivity index (χ1) is 13.6. The van der Waals surface area contributed by atoms with Gasteiger partial charge in [0.2, 0.25) is 0 Å².